The second-order valence-corrected chi connectivity index (χ2v) is 2.75. The highest BCUT2D eigenvalue weighted by atomic mass is 32.1. The molecule has 1 heteroatoms. The van der Waals surface area contributed by atoms with E-state index in [1.54, 1.807) is 0 Å². The fourth-order valence-corrected chi connectivity index (χ4v) is 1.46. The molecule has 0 aromatic heterocycles. The molecule has 2 aliphatic carbocycles. The highest BCUT2D eigenvalue weighted by Gasteiger charge is 2.12. The smallest absolute Gasteiger partial charge is 0.0386 e. The topological polar surface area (TPSA) is 0 Å². The maximum atomic E-state index is 4.99. The van der Waals surface area contributed by atoms with Crippen molar-refractivity contribution in [1.82, 2.24) is 0 Å². The lowest BCUT2D eigenvalue weighted by molar-refractivity contribution is 1.34. The van der Waals surface area contributed by atoms with Crippen molar-refractivity contribution in [3.8, 4) is 0 Å². The number of fused-ring (bicyclic) bond motifs is 1. The first kappa shape index (κ1) is 5.12. The molecule has 0 radical (unpaired) electrons. The molecule has 0 saturated carbocycles. The molecule has 0 nitrogen and oxygen atoms in total. The van der Waals surface area contributed by atoms with Crippen molar-refractivity contribution in [2.24, 2.45) is 0 Å². The summed E-state index contributed by atoms with van der Waals surface area (Å²) in [7, 11) is 0. The lowest BCUT2D eigenvalue weighted by Crippen LogP contribution is -1.72. The molecule has 0 bridgehead atoms. The zero-order chi connectivity index (χ0) is 6.27. The largest absolute Gasteiger partial charge is 0.0801 e. The minimum Gasteiger partial charge on any atom is -0.0801 e. The Labute approximate surface area is 59.6 Å². The van der Waals surface area contributed by atoms with Crippen LogP contribution in [0.1, 0.15) is 6.42 Å². The minimum absolute atomic E-state index is 0.976. The minimum atomic E-state index is 0.976. The number of hydrogen-bond donors (Lipinski definition) is 0. The Balaban J connectivity index is 2.53. The lowest BCUT2D eigenvalue weighted by atomic mass is 10.2. The number of rotatable bonds is 0. The number of thiocarbonyl (C=S) groups is 1. The van der Waals surface area contributed by atoms with Crippen LogP contribution in [0, 0.1) is 0 Å². The molecule has 2 rings (SSSR count). The second kappa shape index (κ2) is 1.64. The molecule has 0 heterocycles. The molecule has 0 fully saturated rings. The Kier molecular flexibility index (Phi) is 0.935. The molecular formula is C8H6S. The number of hydrogen-bond acceptors (Lipinski definition) is 1. The summed E-state index contributed by atoms with van der Waals surface area (Å²) in [5.74, 6) is 0. The zero-order valence-electron chi connectivity index (χ0n) is 4.92. The van der Waals surface area contributed by atoms with Gasteiger partial charge in [-0.05, 0) is 29.7 Å². The SMILES string of the molecule is S=C1C=C2C=CCC2=C1. The Hall–Kier alpha value is -0.690. The molecule has 0 aliphatic heterocycles. The van der Waals surface area contributed by atoms with Crippen LogP contribution in [-0.2, 0) is 0 Å². The third kappa shape index (κ3) is 0.688. The van der Waals surface area contributed by atoms with Gasteiger partial charge >= 0.3 is 0 Å². The molecule has 0 N–H and O–H groups in total. The number of allylic oxidation sites excluding steroid dienone is 6. The van der Waals surface area contributed by atoms with Crippen molar-refractivity contribution < 1.29 is 0 Å². The zero-order valence-corrected chi connectivity index (χ0v) is 5.74. The lowest BCUT2D eigenvalue weighted by Gasteiger charge is -1.86. The van der Waals surface area contributed by atoms with Gasteiger partial charge in [0.15, 0.2) is 0 Å². The van der Waals surface area contributed by atoms with Crippen LogP contribution in [0.2, 0.25) is 0 Å². The summed E-state index contributed by atoms with van der Waals surface area (Å²) in [6.07, 6.45) is 9.50. The average Bonchev–Trinajstić information content (AvgIpc) is 2.22. The first-order valence-corrected chi connectivity index (χ1v) is 3.40. The molecule has 0 unspecified atom stereocenters. The standard InChI is InChI=1S/C8H6S/c9-8-4-6-2-1-3-7(6)5-8/h1-2,4-5H,3H2. The molecular weight excluding hydrogens is 128 g/mol. The van der Waals surface area contributed by atoms with Crippen LogP contribution in [0.25, 0.3) is 0 Å². The Morgan fingerprint density at radius 1 is 1.33 bits per heavy atom. The van der Waals surface area contributed by atoms with Gasteiger partial charge in [-0.2, -0.15) is 0 Å². The summed E-state index contributed by atoms with van der Waals surface area (Å²) in [6.45, 7) is 0. The van der Waals surface area contributed by atoms with E-state index in [-0.39, 0.29) is 0 Å². The molecule has 9 heavy (non-hydrogen) atoms. The van der Waals surface area contributed by atoms with Crippen LogP contribution < -0.4 is 0 Å². The quantitative estimate of drug-likeness (QED) is 0.457. The van der Waals surface area contributed by atoms with Crippen molar-refractivity contribution in [2.75, 3.05) is 0 Å². The molecule has 0 aromatic carbocycles. The van der Waals surface area contributed by atoms with Crippen LogP contribution in [0.15, 0.2) is 35.5 Å². The predicted molar refractivity (Wildman–Crippen MR) is 42.5 cm³/mol. The maximum absolute atomic E-state index is 4.99. The normalized spacial score (nSPS) is 22.0. The van der Waals surface area contributed by atoms with Gasteiger partial charge in [0.2, 0.25) is 0 Å². The summed E-state index contributed by atoms with van der Waals surface area (Å²) < 4.78 is 0. The summed E-state index contributed by atoms with van der Waals surface area (Å²) in [5, 5.41) is 0. The molecule has 0 atom stereocenters. The van der Waals surface area contributed by atoms with E-state index < -0.39 is 0 Å². The first-order chi connectivity index (χ1) is 4.36. The third-order valence-corrected chi connectivity index (χ3v) is 1.86. The van der Waals surface area contributed by atoms with Gasteiger partial charge in [0, 0.05) is 4.86 Å². The van der Waals surface area contributed by atoms with E-state index in [2.05, 4.69) is 18.2 Å². The summed E-state index contributed by atoms with van der Waals surface area (Å²) >= 11 is 4.99. The first-order valence-electron chi connectivity index (χ1n) is 2.99. The van der Waals surface area contributed by atoms with E-state index in [1.807, 2.05) is 6.08 Å². The van der Waals surface area contributed by atoms with Crippen molar-refractivity contribution >= 4 is 17.1 Å². The van der Waals surface area contributed by atoms with Gasteiger partial charge in [-0.3, -0.25) is 0 Å². The highest BCUT2D eigenvalue weighted by Crippen LogP contribution is 2.27. The molecule has 2 aliphatic rings. The predicted octanol–water partition coefficient (Wildman–Crippen LogP) is 2.18. The van der Waals surface area contributed by atoms with Gasteiger partial charge < -0.3 is 0 Å². The molecule has 0 amide bonds. The highest BCUT2D eigenvalue weighted by molar-refractivity contribution is 7.81. The second-order valence-electron chi connectivity index (χ2n) is 2.28. The van der Waals surface area contributed by atoms with Crippen molar-refractivity contribution in [3.63, 3.8) is 0 Å². The van der Waals surface area contributed by atoms with Gasteiger partial charge in [0.25, 0.3) is 0 Å². The van der Waals surface area contributed by atoms with Gasteiger partial charge in [0.1, 0.15) is 0 Å². The van der Waals surface area contributed by atoms with Gasteiger partial charge in [-0.25, -0.2) is 0 Å². The van der Waals surface area contributed by atoms with E-state index in [4.69, 9.17) is 12.2 Å². The third-order valence-electron chi connectivity index (χ3n) is 1.62. The molecule has 0 saturated heterocycles. The molecule has 44 valence electrons. The molecule has 0 spiro atoms. The Bertz CT molecular complexity index is 254. The van der Waals surface area contributed by atoms with E-state index >= 15 is 0 Å². The maximum Gasteiger partial charge on any atom is 0.0386 e. The van der Waals surface area contributed by atoms with Crippen molar-refractivity contribution in [2.45, 2.75) is 6.42 Å². The van der Waals surface area contributed by atoms with Crippen molar-refractivity contribution in [1.29, 1.82) is 0 Å². The van der Waals surface area contributed by atoms with Gasteiger partial charge in [-0.15, -0.1) is 0 Å². The summed E-state index contributed by atoms with van der Waals surface area (Å²) in [4.78, 5) is 0.976. The molecule has 0 aromatic rings. The average molecular weight is 134 g/mol. The monoisotopic (exact) mass is 134 g/mol. The van der Waals surface area contributed by atoms with Gasteiger partial charge in [-0.1, -0.05) is 24.4 Å². The van der Waals surface area contributed by atoms with Crippen molar-refractivity contribution in [3.05, 3.63) is 35.5 Å². The van der Waals surface area contributed by atoms with E-state index in [1.165, 1.54) is 11.1 Å². The summed E-state index contributed by atoms with van der Waals surface area (Å²) in [6, 6.07) is 0. The fourth-order valence-electron chi connectivity index (χ4n) is 1.19. The van der Waals surface area contributed by atoms with Crippen LogP contribution >= 0.6 is 12.2 Å². The van der Waals surface area contributed by atoms with E-state index in [0.717, 1.165) is 11.3 Å². The Morgan fingerprint density at radius 2 is 2.22 bits per heavy atom. The van der Waals surface area contributed by atoms with Crippen LogP contribution in [0.4, 0.5) is 0 Å². The van der Waals surface area contributed by atoms with E-state index in [9.17, 15) is 0 Å². The summed E-state index contributed by atoms with van der Waals surface area (Å²) in [5.41, 5.74) is 2.71. The van der Waals surface area contributed by atoms with Gasteiger partial charge in [0.05, 0.1) is 0 Å². The fraction of sp³-hybridized carbons (Fsp3) is 0.125. The van der Waals surface area contributed by atoms with Crippen LogP contribution in [0.3, 0.4) is 0 Å². The van der Waals surface area contributed by atoms with Crippen LogP contribution in [0.5, 0.6) is 0 Å². The Morgan fingerprint density at radius 3 is 3.00 bits per heavy atom. The van der Waals surface area contributed by atoms with Crippen LogP contribution in [-0.4, -0.2) is 4.86 Å². The van der Waals surface area contributed by atoms with E-state index in [0.29, 0.717) is 0 Å².